The number of nitrogens with one attached hydrogen (secondary N) is 1. The van der Waals surface area contributed by atoms with Crippen molar-refractivity contribution in [3.05, 3.63) is 63.2 Å². The number of hydrogen-bond donors (Lipinski definition) is 1. The number of methoxy groups -OCH3 is 1. The number of non-ortho nitro benzene ring substituents is 1. The third-order valence-electron chi connectivity index (χ3n) is 3.62. The summed E-state index contributed by atoms with van der Waals surface area (Å²) in [6.07, 6.45) is 0. The quantitative estimate of drug-likeness (QED) is 0.483. The van der Waals surface area contributed by atoms with E-state index in [0.29, 0.717) is 5.56 Å². The van der Waals surface area contributed by atoms with Gasteiger partial charge in [-0.05, 0) is 31.5 Å². The van der Waals surface area contributed by atoms with Gasteiger partial charge in [-0.2, -0.15) is 0 Å². The van der Waals surface area contributed by atoms with Crippen molar-refractivity contribution >= 4 is 23.3 Å². The van der Waals surface area contributed by atoms with Crippen molar-refractivity contribution in [3.8, 4) is 5.75 Å². The molecule has 2 aromatic rings. The summed E-state index contributed by atoms with van der Waals surface area (Å²) >= 11 is 0. The Morgan fingerprint density at radius 3 is 2.54 bits per heavy atom. The second-order valence-corrected chi connectivity index (χ2v) is 5.58. The SMILES string of the molecule is COc1cc([N+](=O)[O-])ccc1NC(=O)COC(=O)c1cc(C)ccc1C. The second kappa shape index (κ2) is 8.11. The molecule has 0 saturated carbocycles. The minimum atomic E-state index is -0.600. The molecule has 0 atom stereocenters. The maximum absolute atomic E-state index is 12.1. The summed E-state index contributed by atoms with van der Waals surface area (Å²) in [4.78, 5) is 34.3. The third-order valence-corrected chi connectivity index (χ3v) is 3.62. The van der Waals surface area contributed by atoms with Crippen LogP contribution in [0.5, 0.6) is 5.75 Å². The Kier molecular flexibility index (Phi) is 5.90. The van der Waals surface area contributed by atoms with Gasteiger partial charge in [0.2, 0.25) is 0 Å². The lowest BCUT2D eigenvalue weighted by Gasteiger charge is -2.11. The van der Waals surface area contributed by atoms with Gasteiger partial charge in [0.05, 0.1) is 29.4 Å². The van der Waals surface area contributed by atoms with Gasteiger partial charge < -0.3 is 14.8 Å². The minimum Gasteiger partial charge on any atom is -0.494 e. The molecule has 0 spiro atoms. The predicted octanol–water partition coefficient (Wildman–Crippen LogP) is 3.02. The van der Waals surface area contributed by atoms with E-state index in [0.717, 1.165) is 11.1 Å². The zero-order valence-corrected chi connectivity index (χ0v) is 14.6. The number of nitro groups is 1. The summed E-state index contributed by atoms with van der Waals surface area (Å²) in [6.45, 7) is 3.13. The Bertz CT molecular complexity index is 863. The first-order valence-corrected chi connectivity index (χ1v) is 7.68. The highest BCUT2D eigenvalue weighted by Gasteiger charge is 2.16. The molecule has 0 radical (unpaired) electrons. The van der Waals surface area contributed by atoms with Gasteiger partial charge in [0.1, 0.15) is 5.75 Å². The number of nitrogens with zero attached hydrogens (tertiary/aromatic N) is 1. The number of carbonyl (C=O) groups excluding carboxylic acids is 2. The van der Waals surface area contributed by atoms with Crippen LogP contribution in [-0.2, 0) is 9.53 Å². The van der Waals surface area contributed by atoms with E-state index < -0.39 is 23.4 Å². The standard InChI is InChI=1S/C18H18N2O6/c1-11-4-5-12(2)14(8-11)18(22)26-10-17(21)19-15-7-6-13(20(23)24)9-16(15)25-3/h4-9H,10H2,1-3H3,(H,19,21). The van der Waals surface area contributed by atoms with Crippen molar-refractivity contribution < 1.29 is 24.0 Å². The van der Waals surface area contributed by atoms with Crippen LogP contribution in [0.2, 0.25) is 0 Å². The minimum absolute atomic E-state index is 0.133. The molecule has 0 bridgehead atoms. The Balaban J connectivity index is 2.02. The van der Waals surface area contributed by atoms with Crippen LogP contribution < -0.4 is 10.1 Å². The van der Waals surface area contributed by atoms with Crippen LogP contribution in [0.4, 0.5) is 11.4 Å². The summed E-state index contributed by atoms with van der Waals surface area (Å²) < 4.78 is 10.1. The van der Waals surface area contributed by atoms with Gasteiger partial charge in [0.15, 0.2) is 6.61 Å². The Morgan fingerprint density at radius 2 is 1.88 bits per heavy atom. The predicted molar refractivity (Wildman–Crippen MR) is 94.5 cm³/mol. The van der Waals surface area contributed by atoms with E-state index >= 15 is 0 Å². The molecule has 0 unspecified atom stereocenters. The van der Waals surface area contributed by atoms with Gasteiger partial charge >= 0.3 is 5.97 Å². The van der Waals surface area contributed by atoms with Gasteiger partial charge in [-0.15, -0.1) is 0 Å². The molecule has 0 aliphatic rings. The summed E-state index contributed by atoms with van der Waals surface area (Å²) in [6, 6.07) is 9.14. The van der Waals surface area contributed by atoms with E-state index in [1.54, 1.807) is 19.1 Å². The van der Waals surface area contributed by atoms with Crippen molar-refractivity contribution in [2.75, 3.05) is 19.0 Å². The number of ether oxygens (including phenoxy) is 2. The molecule has 2 aromatic carbocycles. The smallest absolute Gasteiger partial charge is 0.338 e. The lowest BCUT2D eigenvalue weighted by molar-refractivity contribution is -0.384. The van der Waals surface area contributed by atoms with Crippen molar-refractivity contribution in [2.24, 2.45) is 0 Å². The molecule has 0 aromatic heterocycles. The highest BCUT2D eigenvalue weighted by molar-refractivity contribution is 5.97. The molecule has 0 heterocycles. The Labute approximate surface area is 149 Å². The van der Waals surface area contributed by atoms with Crippen LogP contribution in [0.15, 0.2) is 36.4 Å². The van der Waals surface area contributed by atoms with Gasteiger partial charge in [0.25, 0.3) is 11.6 Å². The molecule has 2 rings (SSSR count). The average molecular weight is 358 g/mol. The molecule has 8 heteroatoms. The number of rotatable bonds is 6. The van der Waals surface area contributed by atoms with Gasteiger partial charge in [-0.25, -0.2) is 4.79 Å². The topological polar surface area (TPSA) is 108 Å². The number of benzene rings is 2. The van der Waals surface area contributed by atoms with Crippen molar-refractivity contribution in [3.63, 3.8) is 0 Å². The lowest BCUT2D eigenvalue weighted by atomic mass is 10.1. The van der Waals surface area contributed by atoms with Crippen molar-refractivity contribution in [1.82, 2.24) is 0 Å². The van der Waals surface area contributed by atoms with Crippen LogP contribution in [0.1, 0.15) is 21.5 Å². The van der Waals surface area contributed by atoms with Gasteiger partial charge in [0, 0.05) is 6.07 Å². The first kappa shape index (κ1) is 18.9. The molecule has 0 fully saturated rings. The van der Waals surface area contributed by atoms with E-state index in [-0.39, 0.29) is 17.1 Å². The molecule has 0 aliphatic heterocycles. The molecular formula is C18H18N2O6. The van der Waals surface area contributed by atoms with E-state index in [1.165, 1.54) is 25.3 Å². The number of hydrogen-bond acceptors (Lipinski definition) is 6. The fraction of sp³-hybridized carbons (Fsp3) is 0.222. The maximum atomic E-state index is 12.1. The van der Waals surface area contributed by atoms with E-state index in [4.69, 9.17) is 9.47 Å². The summed E-state index contributed by atoms with van der Waals surface area (Å²) in [5.41, 5.74) is 2.12. The van der Waals surface area contributed by atoms with Gasteiger partial charge in [-0.3, -0.25) is 14.9 Å². The van der Waals surface area contributed by atoms with Crippen molar-refractivity contribution in [2.45, 2.75) is 13.8 Å². The van der Waals surface area contributed by atoms with Crippen LogP contribution in [0.25, 0.3) is 0 Å². The van der Waals surface area contributed by atoms with Gasteiger partial charge in [-0.1, -0.05) is 17.7 Å². The van der Waals surface area contributed by atoms with Crippen LogP contribution in [0, 0.1) is 24.0 Å². The summed E-state index contributed by atoms with van der Waals surface area (Å²) in [5.74, 6) is -1.05. The normalized spacial score (nSPS) is 10.1. The van der Waals surface area contributed by atoms with E-state index in [2.05, 4.69) is 5.32 Å². The summed E-state index contributed by atoms with van der Waals surface area (Å²) in [7, 11) is 1.33. The first-order chi connectivity index (χ1) is 12.3. The maximum Gasteiger partial charge on any atom is 0.338 e. The second-order valence-electron chi connectivity index (χ2n) is 5.58. The zero-order valence-electron chi connectivity index (χ0n) is 14.6. The fourth-order valence-electron chi connectivity index (χ4n) is 2.25. The van der Waals surface area contributed by atoms with E-state index in [1.807, 2.05) is 13.0 Å². The number of nitro benzene ring substituents is 1. The number of amides is 1. The molecule has 0 aliphatic carbocycles. The largest absolute Gasteiger partial charge is 0.494 e. The number of aryl methyl sites for hydroxylation is 2. The lowest BCUT2D eigenvalue weighted by Crippen LogP contribution is -2.21. The Hall–Kier alpha value is -3.42. The molecule has 1 N–H and O–H groups in total. The Morgan fingerprint density at radius 1 is 1.15 bits per heavy atom. The summed E-state index contributed by atoms with van der Waals surface area (Å²) in [5, 5.41) is 13.3. The molecule has 26 heavy (non-hydrogen) atoms. The molecule has 0 saturated heterocycles. The average Bonchev–Trinajstić information content (AvgIpc) is 2.61. The zero-order chi connectivity index (χ0) is 19.3. The highest BCUT2D eigenvalue weighted by Crippen LogP contribution is 2.28. The van der Waals surface area contributed by atoms with Crippen molar-refractivity contribution in [1.29, 1.82) is 0 Å². The van der Waals surface area contributed by atoms with Crippen LogP contribution in [-0.4, -0.2) is 30.5 Å². The third kappa shape index (κ3) is 4.56. The molecule has 8 nitrogen and oxygen atoms in total. The van der Waals surface area contributed by atoms with Crippen LogP contribution >= 0.6 is 0 Å². The fourth-order valence-corrected chi connectivity index (χ4v) is 2.25. The highest BCUT2D eigenvalue weighted by atomic mass is 16.6. The molecule has 1 amide bonds. The molecular weight excluding hydrogens is 340 g/mol. The number of esters is 1. The first-order valence-electron chi connectivity index (χ1n) is 7.68. The number of carbonyl (C=O) groups is 2. The molecule has 136 valence electrons. The van der Waals surface area contributed by atoms with Crippen LogP contribution in [0.3, 0.4) is 0 Å². The van der Waals surface area contributed by atoms with E-state index in [9.17, 15) is 19.7 Å². The monoisotopic (exact) mass is 358 g/mol. The number of anilines is 1.